The molecule has 0 saturated heterocycles. The molecule has 0 saturated carbocycles. The molecule has 0 unspecified atom stereocenters. The number of rotatable bonds is 4. The third kappa shape index (κ3) is 2.81. The molecule has 2 aromatic rings. The Hall–Kier alpha value is -2.31. The van der Waals surface area contributed by atoms with Crippen LogP contribution in [0.1, 0.15) is 17.0 Å². The molecule has 0 aliphatic heterocycles. The van der Waals surface area contributed by atoms with Crippen LogP contribution in [0, 0.1) is 13.8 Å². The summed E-state index contributed by atoms with van der Waals surface area (Å²) in [5, 5.41) is 8.36. The third-order valence-electron chi connectivity index (χ3n) is 3.33. The average molecular weight is 276 g/mol. The molecule has 108 valence electrons. The quantitative estimate of drug-likeness (QED) is 0.880. The lowest BCUT2D eigenvalue weighted by Crippen LogP contribution is -2.30. The monoisotopic (exact) mass is 276 g/mol. The van der Waals surface area contributed by atoms with Gasteiger partial charge in [0.1, 0.15) is 6.54 Å². The molecule has 0 spiro atoms. The summed E-state index contributed by atoms with van der Waals surface area (Å²) >= 11 is 0. The van der Waals surface area contributed by atoms with E-state index in [1.807, 2.05) is 27.1 Å². The SMILES string of the molecule is Cc1nn(CC(=O)N(C)Cc2cnn(C)c2)c(C)c1N. The lowest BCUT2D eigenvalue weighted by atomic mass is 10.3. The van der Waals surface area contributed by atoms with E-state index in [1.54, 1.807) is 27.5 Å². The predicted octanol–water partition coefficient (Wildman–Crippen LogP) is 0.474. The van der Waals surface area contributed by atoms with E-state index in [2.05, 4.69) is 10.2 Å². The Balaban J connectivity index is 2.02. The minimum Gasteiger partial charge on any atom is -0.396 e. The Bertz CT molecular complexity index is 627. The van der Waals surface area contributed by atoms with Crippen molar-refractivity contribution in [3.05, 3.63) is 29.3 Å². The van der Waals surface area contributed by atoms with Crippen LogP contribution >= 0.6 is 0 Å². The fraction of sp³-hybridized carbons (Fsp3) is 0.462. The van der Waals surface area contributed by atoms with Gasteiger partial charge in [0.05, 0.1) is 23.3 Å². The van der Waals surface area contributed by atoms with Gasteiger partial charge >= 0.3 is 0 Å². The molecule has 0 bridgehead atoms. The molecular weight excluding hydrogens is 256 g/mol. The van der Waals surface area contributed by atoms with Crippen LogP contribution in [0.4, 0.5) is 5.69 Å². The summed E-state index contributed by atoms with van der Waals surface area (Å²) in [6.07, 6.45) is 3.65. The van der Waals surface area contributed by atoms with Crippen molar-refractivity contribution in [2.24, 2.45) is 7.05 Å². The molecule has 0 aliphatic carbocycles. The lowest BCUT2D eigenvalue weighted by Gasteiger charge is -2.16. The highest BCUT2D eigenvalue weighted by Gasteiger charge is 2.15. The molecule has 7 nitrogen and oxygen atoms in total. The van der Waals surface area contributed by atoms with Gasteiger partial charge in [0.25, 0.3) is 0 Å². The zero-order valence-electron chi connectivity index (χ0n) is 12.3. The molecule has 0 aliphatic rings. The van der Waals surface area contributed by atoms with Crippen LogP contribution in [-0.2, 0) is 24.9 Å². The fourth-order valence-electron chi connectivity index (χ4n) is 2.03. The van der Waals surface area contributed by atoms with E-state index in [0.717, 1.165) is 17.0 Å². The lowest BCUT2D eigenvalue weighted by molar-refractivity contribution is -0.131. The molecule has 2 rings (SSSR count). The molecular formula is C13H20N6O. The second-order valence-corrected chi connectivity index (χ2v) is 5.01. The zero-order valence-corrected chi connectivity index (χ0v) is 12.3. The van der Waals surface area contributed by atoms with Crippen LogP contribution in [0.25, 0.3) is 0 Å². The van der Waals surface area contributed by atoms with Gasteiger partial charge in [-0.25, -0.2) is 0 Å². The normalized spacial score (nSPS) is 10.8. The summed E-state index contributed by atoms with van der Waals surface area (Å²) < 4.78 is 3.36. The van der Waals surface area contributed by atoms with E-state index in [0.29, 0.717) is 12.2 Å². The molecule has 2 heterocycles. The highest BCUT2D eigenvalue weighted by atomic mass is 16.2. The first kappa shape index (κ1) is 14.1. The second-order valence-electron chi connectivity index (χ2n) is 5.01. The van der Waals surface area contributed by atoms with Crippen molar-refractivity contribution >= 4 is 11.6 Å². The van der Waals surface area contributed by atoms with Gasteiger partial charge < -0.3 is 10.6 Å². The molecule has 0 fully saturated rings. The number of anilines is 1. The third-order valence-corrected chi connectivity index (χ3v) is 3.33. The van der Waals surface area contributed by atoms with Gasteiger partial charge in [0, 0.05) is 32.4 Å². The van der Waals surface area contributed by atoms with E-state index in [-0.39, 0.29) is 12.5 Å². The molecule has 0 atom stereocenters. The van der Waals surface area contributed by atoms with E-state index >= 15 is 0 Å². The summed E-state index contributed by atoms with van der Waals surface area (Å²) in [6, 6.07) is 0. The predicted molar refractivity (Wildman–Crippen MR) is 75.8 cm³/mol. The average Bonchev–Trinajstić information content (AvgIpc) is 2.89. The van der Waals surface area contributed by atoms with Crippen LogP contribution in [0.5, 0.6) is 0 Å². The minimum absolute atomic E-state index is 0.0144. The van der Waals surface area contributed by atoms with Crippen molar-refractivity contribution in [2.45, 2.75) is 26.9 Å². The number of amides is 1. The minimum atomic E-state index is -0.0144. The number of nitrogens with two attached hydrogens (primary N) is 1. The van der Waals surface area contributed by atoms with Crippen LogP contribution in [0.2, 0.25) is 0 Å². The highest BCUT2D eigenvalue weighted by Crippen LogP contribution is 2.14. The van der Waals surface area contributed by atoms with Crippen molar-refractivity contribution in [1.82, 2.24) is 24.5 Å². The van der Waals surface area contributed by atoms with E-state index < -0.39 is 0 Å². The summed E-state index contributed by atoms with van der Waals surface area (Å²) in [5.74, 6) is -0.0144. The Kier molecular flexibility index (Phi) is 3.78. The van der Waals surface area contributed by atoms with Gasteiger partial charge in [-0.05, 0) is 13.8 Å². The summed E-state index contributed by atoms with van der Waals surface area (Å²) in [6.45, 7) is 4.43. The Labute approximate surface area is 118 Å². The van der Waals surface area contributed by atoms with Crippen molar-refractivity contribution < 1.29 is 4.79 Å². The number of nitrogen functional groups attached to an aromatic ring is 1. The number of hydrogen-bond acceptors (Lipinski definition) is 4. The standard InChI is InChI=1S/C13H20N6O/c1-9-13(14)10(2)19(16-9)8-12(20)17(3)6-11-5-15-18(4)7-11/h5,7H,6,8,14H2,1-4H3. The van der Waals surface area contributed by atoms with Crippen molar-refractivity contribution in [1.29, 1.82) is 0 Å². The van der Waals surface area contributed by atoms with Gasteiger partial charge in [0.2, 0.25) is 5.91 Å². The molecule has 7 heteroatoms. The Morgan fingerprint density at radius 1 is 1.45 bits per heavy atom. The molecule has 0 radical (unpaired) electrons. The molecule has 1 amide bonds. The number of aromatic nitrogens is 4. The zero-order chi connectivity index (χ0) is 14.9. The number of carbonyl (C=O) groups excluding carboxylic acids is 1. The van der Waals surface area contributed by atoms with E-state index in [1.165, 1.54) is 0 Å². The molecule has 2 N–H and O–H groups in total. The second kappa shape index (κ2) is 5.36. The summed E-state index contributed by atoms with van der Waals surface area (Å²) in [4.78, 5) is 13.8. The Morgan fingerprint density at radius 2 is 2.15 bits per heavy atom. The molecule has 0 aromatic carbocycles. The first-order chi connectivity index (χ1) is 9.38. The summed E-state index contributed by atoms with van der Waals surface area (Å²) in [5.41, 5.74) is 9.08. The van der Waals surface area contributed by atoms with Crippen LogP contribution < -0.4 is 5.73 Å². The number of hydrogen-bond donors (Lipinski definition) is 1. The van der Waals surface area contributed by atoms with Crippen molar-refractivity contribution in [3.63, 3.8) is 0 Å². The Morgan fingerprint density at radius 3 is 2.65 bits per heavy atom. The van der Waals surface area contributed by atoms with E-state index in [4.69, 9.17) is 5.73 Å². The van der Waals surface area contributed by atoms with Crippen molar-refractivity contribution in [2.75, 3.05) is 12.8 Å². The topological polar surface area (TPSA) is 82.0 Å². The van der Waals surface area contributed by atoms with Gasteiger partial charge in [-0.1, -0.05) is 0 Å². The van der Waals surface area contributed by atoms with Gasteiger partial charge in [-0.15, -0.1) is 0 Å². The maximum absolute atomic E-state index is 12.2. The largest absolute Gasteiger partial charge is 0.396 e. The van der Waals surface area contributed by atoms with Crippen molar-refractivity contribution in [3.8, 4) is 0 Å². The maximum atomic E-state index is 12.2. The summed E-state index contributed by atoms with van der Waals surface area (Å²) in [7, 11) is 3.62. The van der Waals surface area contributed by atoms with Crippen LogP contribution in [-0.4, -0.2) is 37.4 Å². The number of carbonyl (C=O) groups is 1. The van der Waals surface area contributed by atoms with Gasteiger partial charge in [-0.2, -0.15) is 10.2 Å². The maximum Gasteiger partial charge on any atom is 0.244 e. The fourth-order valence-corrected chi connectivity index (χ4v) is 2.03. The number of aryl methyl sites for hydroxylation is 2. The smallest absolute Gasteiger partial charge is 0.244 e. The number of nitrogens with zero attached hydrogens (tertiary/aromatic N) is 5. The first-order valence-corrected chi connectivity index (χ1v) is 6.39. The van der Waals surface area contributed by atoms with Gasteiger partial charge in [0.15, 0.2) is 0 Å². The molecule has 2 aromatic heterocycles. The number of likely N-dealkylation sites (N-methyl/N-ethyl adjacent to an activating group) is 1. The molecule has 20 heavy (non-hydrogen) atoms. The van der Waals surface area contributed by atoms with Gasteiger partial charge in [-0.3, -0.25) is 14.2 Å². The van der Waals surface area contributed by atoms with Crippen LogP contribution in [0.15, 0.2) is 12.4 Å². The first-order valence-electron chi connectivity index (χ1n) is 6.39. The van der Waals surface area contributed by atoms with E-state index in [9.17, 15) is 4.79 Å². The highest BCUT2D eigenvalue weighted by molar-refractivity contribution is 5.75. The van der Waals surface area contributed by atoms with Crippen LogP contribution in [0.3, 0.4) is 0 Å².